The maximum absolute atomic E-state index is 12.5. The molecule has 0 aliphatic heterocycles. The fourth-order valence-electron chi connectivity index (χ4n) is 2.61. The lowest BCUT2D eigenvalue weighted by Gasteiger charge is -2.13. The molecule has 0 radical (unpaired) electrons. The molecule has 0 aliphatic carbocycles. The van der Waals surface area contributed by atoms with Crippen LogP contribution >= 0.6 is 15.9 Å². The van der Waals surface area contributed by atoms with E-state index in [0.717, 1.165) is 5.56 Å². The number of oxazole rings is 1. The Morgan fingerprint density at radius 3 is 2.64 bits per heavy atom. The van der Waals surface area contributed by atoms with Gasteiger partial charge >= 0.3 is 5.97 Å². The number of hydrogen-bond donors (Lipinski definition) is 0. The zero-order valence-electron chi connectivity index (χ0n) is 15.8. The lowest BCUT2D eigenvalue weighted by Crippen LogP contribution is -2.07. The molecule has 0 amide bonds. The first-order valence-electron chi connectivity index (χ1n) is 8.72. The van der Waals surface area contributed by atoms with Gasteiger partial charge in [-0.15, -0.1) is 0 Å². The molecule has 0 spiro atoms. The summed E-state index contributed by atoms with van der Waals surface area (Å²) in [5, 5.41) is 0. The van der Waals surface area contributed by atoms with Crippen LogP contribution in [0.5, 0.6) is 11.5 Å². The Labute approximate surface area is 171 Å². The Balaban J connectivity index is 1.74. The molecule has 0 atom stereocenters. The van der Waals surface area contributed by atoms with Gasteiger partial charge in [0.15, 0.2) is 11.5 Å². The van der Waals surface area contributed by atoms with Gasteiger partial charge in [0.25, 0.3) is 0 Å². The molecule has 1 aromatic heterocycles. The maximum Gasteiger partial charge on any atom is 0.338 e. The molecule has 0 N–H and O–H groups in total. The second kappa shape index (κ2) is 8.93. The van der Waals surface area contributed by atoms with E-state index in [1.165, 1.54) is 7.11 Å². The van der Waals surface area contributed by atoms with Gasteiger partial charge in [0.1, 0.15) is 18.1 Å². The summed E-state index contributed by atoms with van der Waals surface area (Å²) in [7, 11) is 1.52. The van der Waals surface area contributed by atoms with Gasteiger partial charge in [-0.2, -0.15) is 0 Å². The van der Waals surface area contributed by atoms with E-state index in [0.29, 0.717) is 45.5 Å². The van der Waals surface area contributed by atoms with Crippen molar-refractivity contribution in [3.8, 4) is 23.0 Å². The third-order valence-corrected chi connectivity index (χ3v) is 4.60. The molecule has 28 heavy (non-hydrogen) atoms. The van der Waals surface area contributed by atoms with Gasteiger partial charge in [0.05, 0.1) is 23.8 Å². The highest BCUT2D eigenvalue weighted by Crippen LogP contribution is 2.37. The first kappa shape index (κ1) is 19.9. The predicted molar refractivity (Wildman–Crippen MR) is 108 cm³/mol. The van der Waals surface area contributed by atoms with Crippen molar-refractivity contribution in [2.75, 3.05) is 13.7 Å². The quantitative estimate of drug-likeness (QED) is 0.466. The molecule has 7 heteroatoms. The van der Waals surface area contributed by atoms with Gasteiger partial charge in [-0.25, -0.2) is 9.78 Å². The largest absolute Gasteiger partial charge is 0.493 e. The number of aromatic nitrogens is 1. The zero-order chi connectivity index (χ0) is 20.1. The summed E-state index contributed by atoms with van der Waals surface area (Å²) in [6, 6.07) is 12.8. The molecule has 0 aliphatic rings. The smallest absolute Gasteiger partial charge is 0.338 e. The molecular formula is C21H20BrNO5. The number of aryl methyl sites for hydroxylation is 1. The predicted octanol–water partition coefficient (Wildman–Crippen LogP) is 5.18. The summed E-state index contributed by atoms with van der Waals surface area (Å²) in [4.78, 5) is 16.9. The summed E-state index contributed by atoms with van der Waals surface area (Å²) in [5.74, 6) is 1.60. The lowest BCUT2D eigenvalue weighted by molar-refractivity contribution is 0.0466. The van der Waals surface area contributed by atoms with E-state index < -0.39 is 5.97 Å². The minimum Gasteiger partial charge on any atom is -0.493 e. The number of esters is 1. The van der Waals surface area contributed by atoms with Gasteiger partial charge < -0.3 is 18.6 Å². The number of benzene rings is 2. The number of rotatable bonds is 7. The van der Waals surface area contributed by atoms with Crippen LogP contribution in [-0.4, -0.2) is 24.7 Å². The Morgan fingerprint density at radius 2 is 1.96 bits per heavy atom. The summed E-state index contributed by atoms with van der Waals surface area (Å²) in [5.41, 5.74) is 1.78. The van der Waals surface area contributed by atoms with E-state index in [1.54, 1.807) is 19.1 Å². The van der Waals surface area contributed by atoms with Gasteiger partial charge in [-0.1, -0.05) is 18.2 Å². The Bertz CT molecular complexity index is 968. The number of carbonyl (C=O) groups excluding carboxylic acids is 1. The van der Waals surface area contributed by atoms with E-state index in [-0.39, 0.29) is 6.61 Å². The molecular weight excluding hydrogens is 426 g/mol. The SMILES string of the molecule is CCOc1c(Br)cc(C(=O)OCc2nc(-c3ccccc3)oc2C)cc1OC. The van der Waals surface area contributed by atoms with Crippen LogP contribution in [0.25, 0.3) is 11.5 Å². The maximum atomic E-state index is 12.5. The van der Waals surface area contributed by atoms with Gasteiger partial charge in [0.2, 0.25) is 5.89 Å². The number of carbonyl (C=O) groups is 1. The first-order chi connectivity index (χ1) is 13.5. The van der Waals surface area contributed by atoms with E-state index in [2.05, 4.69) is 20.9 Å². The topological polar surface area (TPSA) is 70.8 Å². The highest BCUT2D eigenvalue weighted by molar-refractivity contribution is 9.10. The zero-order valence-corrected chi connectivity index (χ0v) is 17.4. The normalized spacial score (nSPS) is 10.6. The molecule has 6 nitrogen and oxygen atoms in total. The highest BCUT2D eigenvalue weighted by Gasteiger charge is 2.18. The Morgan fingerprint density at radius 1 is 1.21 bits per heavy atom. The fraction of sp³-hybridized carbons (Fsp3) is 0.238. The van der Waals surface area contributed by atoms with Crippen molar-refractivity contribution >= 4 is 21.9 Å². The third-order valence-electron chi connectivity index (χ3n) is 4.01. The monoisotopic (exact) mass is 445 g/mol. The average molecular weight is 446 g/mol. The van der Waals surface area contributed by atoms with Gasteiger partial charge in [-0.05, 0) is 54.0 Å². The number of halogens is 1. The second-order valence-corrected chi connectivity index (χ2v) is 6.74. The van der Waals surface area contributed by atoms with Crippen molar-refractivity contribution in [1.82, 2.24) is 4.98 Å². The molecule has 0 saturated heterocycles. The summed E-state index contributed by atoms with van der Waals surface area (Å²) < 4.78 is 22.6. The molecule has 0 fully saturated rings. The highest BCUT2D eigenvalue weighted by atomic mass is 79.9. The molecule has 2 aromatic carbocycles. The standard InChI is InChI=1S/C21H20BrNO5/c1-4-26-19-16(22)10-15(11-18(19)25-3)21(24)27-12-17-13(2)28-20(23-17)14-8-6-5-7-9-14/h5-11H,4,12H2,1-3H3. The van der Waals surface area contributed by atoms with Crippen LogP contribution < -0.4 is 9.47 Å². The van der Waals surface area contributed by atoms with E-state index in [4.69, 9.17) is 18.6 Å². The van der Waals surface area contributed by atoms with Crippen LogP contribution in [0.15, 0.2) is 51.4 Å². The van der Waals surface area contributed by atoms with Crippen LogP contribution in [0.1, 0.15) is 28.7 Å². The number of nitrogens with zero attached hydrogens (tertiary/aromatic N) is 1. The van der Waals surface area contributed by atoms with E-state index >= 15 is 0 Å². The van der Waals surface area contributed by atoms with Crippen LogP contribution in [-0.2, 0) is 11.3 Å². The molecule has 0 bridgehead atoms. The summed E-state index contributed by atoms with van der Waals surface area (Å²) in [6.45, 7) is 4.15. The van der Waals surface area contributed by atoms with Crippen LogP contribution in [0, 0.1) is 6.92 Å². The van der Waals surface area contributed by atoms with Crippen molar-refractivity contribution in [3.63, 3.8) is 0 Å². The number of hydrogen-bond acceptors (Lipinski definition) is 6. The van der Waals surface area contributed by atoms with Crippen LogP contribution in [0.3, 0.4) is 0 Å². The second-order valence-electron chi connectivity index (χ2n) is 5.89. The van der Waals surface area contributed by atoms with Gasteiger partial charge in [0, 0.05) is 5.56 Å². The Hall–Kier alpha value is -2.80. The van der Waals surface area contributed by atoms with E-state index in [9.17, 15) is 4.79 Å². The fourth-order valence-corrected chi connectivity index (χ4v) is 3.16. The molecule has 1 heterocycles. The minimum atomic E-state index is -0.495. The average Bonchev–Trinajstić information content (AvgIpc) is 3.08. The van der Waals surface area contributed by atoms with Gasteiger partial charge in [-0.3, -0.25) is 0 Å². The first-order valence-corrected chi connectivity index (χ1v) is 9.52. The summed E-state index contributed by atoms with van der Waals surface area (Å²) >= 11 is 3.40. The van der Waals surface area contributed by atoms with Crippen LogP contribution in [0.2, 0.25) is 0 Å². The lowest BCUT2D eigenvalue weighted by atomic mass is 10.2. The van der Waals surface area contributed by atoms with Crippen molar-refractivity contribution in [2.45, 2.75) is 20.5 Å². The minimum absolute atomic E-state index is 0.00808. The number of methoxy groups -OCH3 is 1. The van der Waals surface area contributed by atoms with Crippen molar-refractivity contribution in [1.29, 1.82) is 0 Å². The van der Waals surface area contributed by atoms with Crippen LogP contribution in [0.4, 0.5) is 0 Å². The van der Waals surface area contributed by atoms with Crippen molar-refractivity contribution in [3.05, 3.63) is 64.0 Å². The third kappa shape index (κ3) is 4.36. The number of ether oxygens (including phenoxy) is 3. The molecule has 0 unspecified atom stereocenters. The van der Waals surface area contributed by atoms with Crippen molar-refractivity contribution in [2.24, 2.45) is 0 Å². The molecule has 3 rings (SSSR count). The summed E-state index contributed by atoms with van der Waals surface area (Å²) in [6.07, 6.45) is 0. The molecule has 0 saturated carbocycles. The molecule has 3 aromatic rings. The van der Waals surface area contributed by atoms with Crippen molar-refractivity contribution < 1.29 is 23.4 Å². The van der Waals surface area contributed by atoms with E-state index in [1.807, 2.05) is 37.3 Å². The molecule has 146 valence electrons. The Kier molecular flexibility index (Phi) is 6.36.